The highest BCUT2D eigenvalue weighted by atomic mass is 79.9. The Kier molecular flexibility index (Phi) is 6.42. The second kappa shape index (κ2) is 9.41. The summed E-state index contributed by atoms with van der Waals surface area (Å²) in [5, 5.41) is 14.6. The monoisotopic (exact) mass is 512 g/mol. The Bertz CT molecular complexity index is 1330. The summed E-state index contributed by atoms with van der Waals surface area (Å²) in [5.41, 5.74) is 1.22. The van der Waals surface area contributed by atoms with Crippen LogP contribution in [0.4, 0.5) is 15.8 Å². The number of thioether (sulfide) groups is 1. The summed E-state index contributed by atoms with van der Waals surface area (Å²) >= 11 is 4.49. The molecule has 0 aliphatic carbocycles. The van der Waals surface area contributed by atoms with E-state index in [9.17, 15) is 19.3 Å². The molecule has 10 heteroatoms. The van der Waals surface area contributed by atoms with Gasteiger partial charge in [-0.2, -0.15) is 0 Å². The van der Waals surface area contributed by atoms with E-state index in [-0.39, 0.29) is 17.1 Å². The van der Waals surface area contributed by atoms with E-state index < -0.39 is 16.6 Å². The molecule has 1 heterocycles. The predicted octanol–water partition coefficient (Wildman–Crippen LogP) is 5.84. The Balaban J connectivity index is 1.62. The van der Waals surface area contributed by atoms with Crippen LogP contribution in [0.25, 0.3) is 22.3 Å². The number of nitrogens with one attached hydrogen (secondary N) is 1. The summed E-state index contributed by atoms with van der Waals surface area (Å²) in [6.07, 6.45) is 0. The third-order valence-corrected chi connectivity index (χ3v) is 5.96. The molecule has 4 rings (SSSR count). The lowest BCUT2D eigenvalue weighted by atomic mass is 10.2. The number of rotatable bonds is 6. The van der Waals surface area contributed by atoms with Crippen molar-refractivity contribution in [2.45, 2.75) is 5.03 Å². The Morgan fingerprint density at radius 3 is 2.59 bits per heavy atom. The molecule has 0 aliphatic rings. The van der Waals surface area contributed by atoms with E-state index >= 15 is 0 Å². The zero-order valence-corrected chi connectivity index (χ0v) is 18.7. The molecule has 32 heavy (non-hydrogen) atoms. The van der Waals surface area contributed by atoms with Crippen LogP contribution in [0.3, 0.4) is 0 Å². The Hall–Kier alpha value is -3.37. The van der Waals surface area contributed by atoms with Crippen LogP contribution in [0.1, 0.15) is 0 Å². The lowest BCUT2D eigenvalue weighted by Crippen LogP contribution is -2.15. The van der Waals surface area contributed by atoms with Gasteiger partial charge in [0.05, 0.1) is 16.2 Å². The van der Waals surface area contributed by atoms with E-state index in [4.69, 9.17) is 0 Å². The van der Waals surface area contributed by atoms with Crippen LogP contribution in [0.5, 0.6) is 0 Å². The maximum absolute atomic E-state index is 13.9. The molecule has 0 unspecified atom stereocenters. The molecular formula is C22H14BrFN4O3S. The van der Waals surface area contributed by atoms with Crippen LogP contribution < -0.4 is 5.32 Å². The molecule has 0 saturated carbocycles. The van der Waals surface area contributed by atoms with Crippen LogP contribution in [-0.4, -0.2) is 26.6 Å². The van der Waals surface area contributed by atoms with Gasteiger partial charge in [0, 0.05) is 21.5 Å². The molecule has 3 aromatic carbocycles. The van der Waals surface area contributed by atoms with Gasteiger partial charge in [0.1, 0.15) is 16.5 Å². The highest BCUT2D eigenvalue weighted by Gasteiger charge is 2.17. The number of carbonyl (C=O) groups is 1. The molecule has 0 spiro atoms. The lowest BCUT2D eigenvalue weighted by Gasteiger charge is -2.10. The van der Waals surface area contributed by atoms with E-state index in [1.807, 2.05) is 24.3 Å². The third kappa shape index (κ3) is 4.92. The lowest BCUT2D eigenvalue weighted by molar-refractivity contribution is -0.383. The first-order valence-corrected chi connectivity index (χ1v) is 11.1. The molecule has 0 bridgehead atoms. The fraction of sp³-hybridized carbons (Fsp3) is 0.0455. The molecule has 1 amide bonds. The summed E-state index contributed by atoms with van der Waals surface area (Å²) < 4.78 is 14.8. The van der Waals surface area contributed by atoms with Crippen LogP contribution in [0.2, 0.25) is 0 Å². The molecule has 0 fully saturated rings. The van der Waals surface area contributed by atoms with Gasteiger partial charge in [-0.25, -0.2) is 14.4 Å². The highest BCUT2D eigenvalue weighted by molar-refractivity contribution is 9.10. The number of nitro benzene ring substituents is 1. The summed E-state index contributed by atoms with van der Waals surface area (Å²) in [6.45, 7) is 0. The number of nitro groups is 1. The van der Waals surface area contributed by atoms with E-state index in [0.29, 0.717) is 21.8 Å². The number of hydrogen-bond donors (Lipinski definition) is 1. The standard InChI is InChI=1S/C22H14BrFN4O3S/c23-14-7-5-13(6-8-14)21-26-17-10-9-15(24)11-16(17)22(27-21)32-12-20(29)25-18-3-1-2-4-19(18)28(30)31/h1-11H,12H2,(H,25,29). The van der Waals surface area contributed by atoms with Crippen molar-refractivity contribution in [1.82, 2.24) is 9.97 Å². The number of benzene rings is 3. The first kappa shape index (κ1) is 21.8. The summed E-state index contributed by atoms with van der Waals surface area (Å²) in [6, 6.07) is 17.5. The Morgan fingerprint density at radius 1 is 1.09 bits per heavy atom. The smallest absolute Gasteiger partial charge is 0.292 e. The number of amides is 1. The number of fused-ring (bicyclic) bond motifs is 1. The van der Waals surface area contributed by atoms with Crippen molar-refractivity contribution in [3.63, 3.8) is 0 Å². The third-order valence-electron chi connectivity index (χ3n) is 4.44. The van der Waals surface area contributed by atoms with Gasteiger partial charge >= 0.3 is 0 Å². The topological polar surface area (TPSA) is 98.0 Å². The number of nitrogens with zero attached hydrogens (tertiary/aromatic N) is 3. The maximum atomic E-state index is 13.9. The van der Waals surface area contributed by atoms with Crippen molar-refractivity contribution in [1.29, 1.82) is 0 Å². The first-order chi connectivity index (χ1) is 15.4. The van der Waals surface area contributed by atoms with E-state index in [0.717, 1.165) is 21.8 Å². The molecule has 4 aromatic rings. The summed E-state index contributed by atoms with van der Waals surface area (Å²) in [4.78, 5) is 32.1. The highest BCUT2D eigenvalue weighted by Crippen LogP contribution is 2.30. The average molecular weight is 513 g/mol. The second-order valence-electron chi connectivity index (χ2n) is 6.63. The van der Waals surface area contributed by atoms with Crippen LogP contribution in [0.15, 0.2) is 76.2 Å². The number of anilines is 1. The first-order valence-electron chi connectivity index (χ1n) is 9.30. The van der Waals surface area contributed by atoms with Crippen molar-refractivity contribution in [3.05, 3.63) is 87.1 Å². The molecule has 7 nitrogen and oxygen atoms in total. The zero-order valence-electron chi connectivity index (χ0n) is 16.3. The molecule has 1 aromatic heterocycles. The molecular weight excluding hydrogens is 499 g/mol. The molecule has 1 N–H and O–H groups in total. The Morgan fingerprint density at radius 2 is 1.84 bits per heavy atom. The van der Waals surface area contributed by atoms with Crippen LogP contribution in [0, 0.1) is 15.9 Å². The normalized spacial score (nSPS) is 10.8. The minimum atomic E-state index is -0.562. The molecule has 160 valence electrons. The minimum absolute atomic E-state index is 0.0749. The van der Waals surface area contributed by atoms with E-state index in [1.165, 1.54) is 30.3 Å². The fourth-order valence-corrected chi connectivity index (χ4v) is 4.04. The van der Waals surface area contributed by atoms with E-state index in [1.54, 1.807) is 12.1 Å². The van der Waals surface area contributed by atoms with Gasteiger partial charge in [0.25, 0.3) is 5.69 Å². The molecule has 0 atom stereocenters. The van der Waals surface area contributed by atoms with Gasteiger partial charge < -0.3 is 5.32 Å². The minimum Gasteiger partial charge on any atom is -0.320 e. The van der Waals surface area contributed by atoms with Gasteiger partial charge in [-0.05, 0) is 36.4 Å². The number of hydrogen-bond acceptors (Lipinski definition) is 6. The quantitative estimate of drug-likeness (QED) is 0.151. The zero-order chi connectivity index (χ0) is 22.7. The summed E-state index contributed by atoms with van der Waals surface area (Å²) in [5.74, 6) is -0.520. The van der Waals surface area contributed by atoms with Crippen LogP contribution >= 0.6 is 27.7 Å². The SMILES string of the molecule is O=C(CSc1nc(-c2ccc(Br)cc2)nc2ccc(F)cc12)Nc1ccccc1[N+](=O)[O-]. The van der Waals surface area contributed by atoms with Gasteiger partial charge in [-0.1, -0.05) is 52.0 Å². The van der Waals surface area contributed by atoms with Crippen LogP contribution in [-0.2, 0) is 4.79 Å². The van der Waals surface area contributed by atoms with Gasteiger partial charge in [0.15, 0.2) is 5.82 Å². The van der Waals surface area contributed by atoms with Crippen molar-refractivity contribution in [3.8, 4) is 11.4 Å². The summed E-state index contributed by atoms with van der Waals surface area (Å²) in [7, 11) is 0. The van der Waals surface area contributed by atoms with Crippen molar-refractivity contribution < 1.29 is 14.1 Å². The number of carbonyl (C=O) groups excluding carboxylic acids is 1. The number of halogens is 2. The molecule has 0 saturated heterocycles. The Labute approximate surface area is 194 Å². The largest absolute Gasteiger partial charge is 0.320 e. The second-order valence-corrected chi connectivity index (χ2v) is 8.51. The van der Waals surface area contributed by atoms with Gasteiger partial charge in [-0.15, -0.1) is 0 Å². The van der Waals surface area contributed by atoms with Crippen molar-refractivity contribution in [2.24, 2.45) is 0 Å². The predicted molar refractivity (Wildman–Crippen MR) is 125 cm³/mol. The fourth-order valence-electron chi connectivity index (χ4n) is 2.97. The number of aromatic nitrogens is 2. The van der Waals surface area contributed by atoms with E-state index in [2.05, 4.69) is 31.2 Å². The van der Waals surface area contributed by atoms with Gasteiger partial charge in [-0.3, -0.25) is 14.9 Å². The maximum Gasteiger partial charge on any atom is 0.292 e. The number of para-hydroxylation sites is 2. The average Bonchev–Trinajstić information content (AvgIpc) is 2.78. The van der Waals surface area contributed by atoms with Crippen molar-refractivity contribution >= 4 is 55.9 Å². The molecule has 0 aliphatic heterocycles. The molecule has 0 radical (unpaired) electrons. The van der Waals surface area contributed by atoms with Gasteiger partial charge in [0.2, 0.25) is 5.91 Å². The van der Waals surface area contributed by atoms with Crippen molar-refractivity contribution in [2.75, 3.05) is 11.1 Å².